The van der Waals surface area contributed by atoms with Crippen LogP contribution >= 0.6 is 7.82 Å². The molecule has 0 aliphatic heterocycles. The number of quaternary nitrogens is 1. The van der Waals surface area contributed by atoms with Crippen LogP contribution in [0.15, 0.2) is 0 Å². The topological polar surface area (TPSA) is 108 Å². The van der Waals surface area contributed by atoms with Crippen molar-refractivity contribution in [3.05, 3.63) is 0 Å². The third-order valence-electron chi connectivity index (χ3n) is 15.6. The zero-order valence-electron chi connectivity index (χ0n) is 50.1. The molecule has 0 aromatic heterocycles. The SMILES string of the molecule is CCCCCCCCCCCCCCCCCCCCCCCCCCCCCCCCCCCCCCC(=O)NC(COP(=O)([O-])OCC[N+](C)(C)C)C(O)CCCCCCCCCCCCCCCCC. The van der Waals surface area contributed by atoms with Gasteiger partial charge in [0, 0.05) is 6.42 Å². The molecule has 438 valence electrons. The highest BCUT2D eigenvalue weighted by Crippen LogP contribution is 2.38. The number of likely N-dealkylation sites (N-methyl/N-ethyl adjacent to an activating group) is 1. The summed E-state index contributed by atoms with van der Waals surface area (Å²) in [4.78, 5) is 25.6. The molecule has 0 aliphatic rings. The number of hydrogen-bond acceptors (Lipinski definition) is 6. The molecule has 9 heteroatoms. The molecule has 0 aromatic carbocycles. The summed E-state index contributed by atoms with van der Waals surface area (Å²) in [7, 11) is 1.33. The van der Waals surface area contributed by atoms with Gasteiger partial charge in [0.05, 0.1) is 39.9 Å². The lowest BCUT2D eigenvalue weighted by atomic mass is 10.0. The van der Waals surface area contributed by atoms with Crippen LogP contribution in [0.4, 0.5) is 0 Å². The third-order valence-corrected chi connectivity index (χ3v) is 16.6. The minimum Gasteiger partial charge on any atom is -0.756 e. The molecular formula is C64H131N2O6P. The van der Waals surface area contributed by atoms with E-state index in [-0.39, 0.29) is 19.1 Å². The summed E-state index contributed by atoms with van der Waals surface area (Å²) < 4.78 is 23.4. The molecule has 1 amide bonds. The Labute approximate surface area is 457 Å². The number of carbonyl (C=O) groups excluding carboxylic acids is 1. The largest absolute Gasteiger partial charge is 0.756 e. The lowest BCUT2D eigenvalue weighted by Crippen LogP contribution is -2.46. The molecule has 0 radical (unpaired) electrons. The molecular weight excluding hydrogens is 924 g/mol. The van der Waals surface area contributed by atoms with Crippen LogP contribution in [0.1, 0.15) is 354 Å². The number of phosphoric ester groups is 1. The minimum atomic E-state index is -4.57. The molecule has 0 bridgehead atoms. The highest BCUT2D eigenvalue weighted by Gasteiger charge is 2.24. The van der Waals surface area contributed by atoms with Gasteiger partial charge in [-0.1, -0.05) is 335 Å². The zero-order valence-corrected chi connectivity index (χ0v) is 51.0. The quantitative estimate of drug-likeness (QED) is 0.0357. The van der Waals surface area contributed by atoms with Gasteiger partial charge in [0.25, 0.3) is 7.82 Å². The molecule has 2 N–H and O–H groups in total. The van der Waals surface area contributed by atoms with Gasteiger partial charge in [-0.25, -0.2) is 0 Å². The average Bonchev–Trinajstić information content (AvgIpc) is 3.35. The molecule has 0 saturated carbocycles. The van der Waals surface area contributed by atoms with Gasteiger partial charge in [-0.2, -0.15) is 0 Å². The maximum atomic E-state index is 13.0. The predicted molar refractivity (Wildman–Crippen MR) is 316 cm³/mol. The van der Waals surface area contributed by atoms with Crippen molar-refractivity contribution in [1.29, 1.82) is 0 Å². The summed E-state index contributed by atoms with van der Waals surface area (Å²) in [6.45, 7) is 4.78. The number of hydrogen-bond donors (Lipinski definition) is 2. The standard InChI is InChI=1S/C64H131N2O6P/c1-6-8-10-12-14-16-18-20-22-23-24-25-26-27-28-29-30-31-32-33-34-35-36-37-38-39-40-41-42-44-46-48-50-52-54-56-58-64(68)65-62(61-72-73(69,70)71-60-59-66(3,4)5)63(67)57-55-53-51-49-47-45-43-21-19-17-15-13-11-9-7-2/h62-63,67H,6-61H2,1-5H3,(H-,65,68,69,70). The number of unbranched alkanes of at least 4 members (excludes halogenated alkanes) is 49. The summed E-state index contributed by atoms with van der Waals surface area (Å²) in [5.41, 5.74) is 0. The van der Waals surface area contributed by atoms with E-state index >= 15 is 0 Å². The monoisotopic (exact) mass is 1050 g/mol. The molecule has 8 nitrogen and oxygen atoms in total. The van der Waals surface area contributed by atoms with Crippen LogP contribution in [0.3, 0.4) is 0 Å². The van der Waals surface area contributed by atoms with Crippen LogP contribution in [0.25, 0.3) is 0 Å². The van der Waals surface area contributed by atoms with E-state index < -0.39 is 20.0 Å². The van der Waals surface area contributed by atoms with Crippen LogP contribution < -0.4 is 10.2 Å². The van der Waals surface area contributed by atoms with E-state index in [2.05, 4.69) is 19.2 Å². The van der Waals surface area contributed by atoms with Gasteiger partial charge in [-0.3, -0.25) is 9.36 Å². The first kappa shape index (κ1) is 72.5. The first-order valence-corrected chi connectivity index (χ1v) is 34.3. The number of carbonyl (C=O) groups is 1. The molecule has 0 rings (SSSR count). The van der Waals surface area contributed by atoms with E-state index in [0.717, 1.165) is 38.5 Å². The molecule has 0 aliphatic carbocycles. The second-order valence-corrected chi connectivity index (χ2v) is 25.6. The van der Waals surface area contributed by atoms with Crippen molar-refractivity contribution in [3.8, 4) is 0 Å². The van der Waals surface area contributed by atoms with Crippen LogP contribution in [-0.4, -0.2) is 68.5 Å². The van der Waals surface area contributed by atoms with Crippen molar-refractivity contribution < 1.29 is 32.9 Å². The number of nitrogens with zero attached hydrogens (tertiary/aromatic N) is 1. The molecule has 0 aromatic rings. The van der Waals surface area contributed by atoms with Gasteiger partial charge in [0.1, 0.15) is 13.2 Å². The summed E-state index contributed by atoms with van der Waals surface area (Å²) in [5, 5.41) is 14.0. The van der Waals surface area contributed by atoms with E-state index in [4.69, 9.17) is 9.05 Å². The normalized spacial score (nSPS) is 13.7. The Hall–Kier alpha value is -0.500. The molecule has 73 heavy (non-hydrogen) atoms. The van der Waals surface area contributed by atoms with Crippen LogP contribution in [0.5, 0.6) is 0 Å². The summed E-state index contributed by atoms with van der Waals surface area (Å²) in [5.74, 6) is -0.156. The zero-order chi connectivity index (χ0) is 53.5. The Kier molecular flexibility index (Phi) is 55.8. The second-order valence-electron chi connectivity index (χ2n) is 24.2. The first-order valence-electron chi connectivity index (χ1n) is 32.9. The summed E-state index contributed by atoms with van der Waals surface area (Å²) in [6, 6.07) is -0.795. The number of phosphoric acid groups is 1. The lowest BCUT2D eigenvalue weighted by Gasteiger charge is -2.30. The number of amides is 1. The molecule has 0 heterocycles. The Bertz CT molecular complexity index is 1150. The number of nitrogens with one attached hydrogen (secondary N) is 1. The smallest absolute Gasteiger partial charge is 0.268 e. The Morgan fingerprint density at radius 2 is 0.671 bits per heavy atom. The van der Waals surface area contributed by atoms with Crippen molar-refractivity contribution in [2.24, 2.45) is 0 Å². The fourth-order valence-electron chi connectivity index (χ4n) is 10.5. The molecule has 0 saturated heterocycles. The molecule has 0 fully saturated rings. The van der Waals surface area contributed by atoms with E-state index in [1.54, 1.807) is 0 Å². The predicted octanol–water partition coefficient (Wildman–Crippen LogP) is 19.8. The highest BCUT2D eigenvalue weighted by atomic mass is 31.2. The number of rotatable bonds is 62. The van der Waals surface area contributed by atoms with Gasteiger partial charge >= 0.3 is 0 Å². The van der Waals surface area contributed by atoms with Crippen molar-refractivity contribution in [2.45, 2.75) is 366 Å². The Morgan fingerprint density at radius 3 is 0.932 bits per heavy atom. The minimum absolute atomic E-state index is 0.0166. The van der Waals surface area contributed by atoms with Crippen molar-refractivity contribution in [1.82, 2.24) is 5.32 Å². The number of aliphatic hydroxyl groups excluding tert-OH is 1. The maximum Gasteiger partial charge on any atom is 0.268 e. The number of aliphatic hydroxyl groups is 1. The van der Waals surface area contributed by atoms with Crippen LogP contribution in [-0.2, 0) is 18.4 Å². The van der Waals surface area contributed by atoms with Crippen LogP contribution in [0, 0.1) is 0 Å². The maximum absolute atomic E-state index is 13.0. The molecule has 3 atom stereocenters. The fourth-order valence-corrected chi connectivity index (χ4v) is 11.2. The lowest BCUT2D eigenvalue weighted by molar-refractivity contribution is -0.870. The fraction of sp³-hybridized carbons (Fsp3) is 0.984. The third kappa shape index (κ3) is 59.0. The Morgan fingerprint density at radius 1 is 0.425 bits per heavy atom. The molecule has 3 unspecified atom stereocenters. The van der Waals surface area contributed by atoms with Crippen molar-refractivity contribution in [2.75, 3.05) is 40.9 Å². The summed E-state index contributed by atoms with van der Waals surface area (Å²) >= 11 is 0. The van der Waals surface area contributed by atoms with Gasteiger partial charge in [0.15, 0.2) is 0 Å². The van der Waals surface area contributed by atoms with E-state index in [1.165, 1.54) is 289 Å². The van der Waals surface area contributed by atoms with Gasteiger partial charge in [0.2, 0.25) is 5.91 Å². The van der Waals surface area contributed by atoms with Crippen molar-refractivity contribution >= 4 is 13.7 Å². The van der Waals surface area contributed by atoms with E-state index in [1.807, 2.05) is 21.1 Å². The van der Waals surface area contributed by atoms with E-state index in [9.17, 15) is 19.4 Å². The van der Waals surface area contributed by atoms with Gasteiger partial charge in [-0.05, 0) is 12.8 Å². The summed E-state index contributed by atoms with van der Waals surface area (Å²) in [6.07, 6.45) is 69.0. The van der Waals surface area contributed by atoms with Gasteiger partial charge in [-0.15, -0.1) is 0 Å². The van der Waals surface area contributed by atoms with Crippen molar-refractivity contribution in [3.63, 3.8) is 0 Å². The second kappa shape index (κ2) is 56.2. The van der Waals surface area contributed by atoms with Crippen LogP contribution in [0.2, 0.25) is 0 Å². The highest BCUT2D eigenvalue weighted by molar-refractivity contribution is 7.45. The Balaban J connectivity index is 3.87. The van der Waals surface area contributed by atoms with E-state index in [0.29, 0.717) is 23.9 Å². The van der Waals surface area contributed by atoms with Gasteiger partial charge < -0.3 is 28.8 Å². The first-order chi connectivity index (χ1) is 35.5. The average molecular weight is 1060 g/mol. The molecule has 0 spiro atoms.